The molecule has 0 saturated carbocycles. The Morgan fingerprint density at radius 2 is 2.06 bits per heavy atom. The van der Waals surface area contributed by atoms with E-state index in [1.54, 1.807) is 0 Å². The normalized spacial score (nSPS) is 11.9. The summed E-state index contributed by atoms with van der Waals surface area (Å²) in [5, 5.41) is 18.6. The van der Waals surface area contributed by atoms with Gasteiger partial charge in [-0.3, -0.25) is 0 Å². The fourth-order valence-corrected chi connectivity index (χ4v) is 1.91. The van der Waals surface area contributed by atoms with Crippen molar-refractivity contribution >= 4 is 5.69 Å². The smallest absolute Gasteiger partial charge is 0.0807 e. The molecule has 0 aliphatic rings. The molecule has 0 amide bonds. The van der Waals surface area contributed by atoms with Gasteiger partial charge in [-0.05, 0) is 19.4 Å². The van der Waals surface area contributed by atoms with Crippen LogP contribution in [0, 0.1) is 11.3 Å². The van der Waals surface area contributed by atoms with Crippen LogP contribution in [0.15, 0.2) is 24.3 Å². The zero-order chi connectivity index (χ0) is 12.7. The van der Waals surface area contributed by atoms with E-state index in [0.29, 0.717) is 19.4 Å². The fourth-order valence-electron chi connectivity index (χ4n) is 1.91. The lowest BCUT2D eigenvalue weighted by molar-refractivity contribution is 0.174. The first-order chi connectivity index (χ1) is 8.24. The number of hydrogen-bond donors (Lipinski definition) is 1. The van der Waals surface area contributed by atoms with Crippen molar-refractivity contribution in [2.24, 2.45) is 0 Å². The van der Waals surface area contributed by atoms with Crippen LogP contribution >= 0.6 is 0 Å². The molecule has 3 nitrogen and oxygen atoms in total. The summed E-state index contributed by atoms with van der Waals surface area (Å²) < 4.78 is 0. The highest BCUT2D eigenvalue weighted by Crippen LogP contribution is 2.28. The van der Waals surface area contributed by atoms with Gasteiger partial charge in [-0.1, -0.05) is 25.1 Å². The van der Waals surface area contributed by atoms with Crippen LogP contribution in [0.2, 0.25) is 0 Å². The minimum absolute atomic E-state index is 0.428. The number of nitrogens with zero attached hydrogens (tertiary/aromatic N) is 2. The molecule has 0 radical (unpaired) electrons. The molecule has 1 unspecified atom stereocenters. The van der Waals surface area contributed by atoms with Crippen LogP contribution in [0.4, 0.5) is 5.69 Å². The fraction of sp³-hybridized carbons (Fsp3) is 0.500. The van der Waals surface area contributed by atoms with Gasteiger partial charge in [0.25, 0.3) is 0 Å². The van der Waals surface area contributed by atoms with E-state index in [1.165, 1.54) is 0 Å². The maximum absolute atomic E-state index is 9.99. The maximum atomic E-state index is 9.99. The first-order valence-electron chi connectivity index (χ1n) is 6.13. The monoisotopic (exact) mass is 232 g/mol. The third kappa shape index (κ3) is 3.47. The van der Waals surface area contributed by atoms with E-state index in [0.717, 1.165) is 17.8 Å². The van der Waals surface area contributed by atoms with Gasteiger partial charge in [-0.15, -0.1) is 0 Å². The maximum Gasteiger partial charge on any atom is 0.0807 e. The Morgan fingerprint density at radius 3 is 2.65 bits per heavy atom. The number of hydrogen-bond acceptors (Lipinski definition) is 3. The second-order valence-corrected chi connectivity index (χ2v) is 3.97. The molecular formula is C14H20N2O. The lowest BCUT2D eigenvalue weighted by Gasteiger charge is -2.26. The zero-order valence-corrected chi connectivity index (χ0v) is 10.6. The van der Waals surface area contributed by atoms with Crippen LogP contribution in [-0.2, 0) is 0 Å². The van der Waals surface area contributed by atoms with Crippen molar-refractivity contribution in [3.05, 3.63) is 29.8 Å². The average Bonchev–Trinajstić information content (AvgIpc) is 2.39. The first-order valence-corrected chi connectivity index (χ1v) is 6.13. The molecule has 1 atom stereocenters. The summed E-state index contributed by atoms with van der Waals surface area (Å²) in [5.74, 6) is 0. The van der Waals surface area contributed by atoms with E-state index in [2.05, 4.69) is 17.9 Å². The summed E-state index contributed by atoms with van der Waals surface area (Å²) in [6, 6.07) is 10.0. The first kappa shape index (κ1) is 13.5. The molecule has 1 N–H and O–H groups in total. The number of benzene rings is 1. The van der Waals surface area contributed by atoms with Crippen LogP contribution in [0.25, 0.3) is 0 Å². The van der Waals surface area contributed by atoms with Crippen molar-refractivity contribution in [3.8, 4) is 6.07 Å². The van der Waals surface area contributed by atoms with Crippen molar-refractivity contribution in [2.45, 2.75) is 32.8 Å². The number of rotatable bonds is 6. The van der Waals surface area contributed by atoms with Gasteiger partial charge in [-0.25, -0.2) is 0 Å². The van der Waals surface area contributed by atoms with Gasteiger partial charge in [0.1, 0.15) is 0 Å². The predicted molar refractivity (Wildman–Crippen MR) is 69.8 cm³/mol. The second kappa shape index (κ2) is 6.93. The SMILES string of the molecule is CCC(O)c1ccccc1N(CC)CCC#N. The summed E-state index contributed by atoms with van der Waals surface area (Å²) >= 11 is 0. The molecule has 0 heterocycles. The highest BCUT2D eigenvalue weighted by molar-refractivity contribution is 5.54. The van der Waals surface area contributed by atoms with Gasteiger partial charge in [0.05, 0.1) is 18.6 Å². The highest BCUT2D eigenvalue weighted by Gasteiger charge is 2.14. The topological polar surface area (TPSA) is 47.3 Å². The Balaban J connectivity index is 2.98. The van der Waals surface area contributed by atoms with Gasteiger partial charge in [0.15, 0.2) is 0 Å². The standard InChI is InChI=1S/C14H20N2O/c1-3-14(17)12-8-5-6-9-13(12)16(4-2)11-7-10-15/h5-6,8-9,14,17H,3-4,7,11H2,1-2H3. The molecule has 17 heavy (non-hydrogen) atoms. The number of aliphatic hydroxyl groups is 1. The summed E-state index contributed by atoms with van der Waals surface area (Å²) in [6.07, 6.45) is 0.777. The Labute approximate surface area is 103 Å². The Hall–Kier alpha value is -1.53. The molecular weight excluding hydrogens is 212 g/mol. The van der Waals surface area contributed by atoms with E-state index in [9.17, 15) is 5.11 Å². The number of aliphatic hydroxyl groups excluding tert-OH is 1. The summed E-state index contributed by atoms with van der Waals surface area (Å²) in [5.41, 5.74) is 1.99. The third-order valence-corrected chi connectivity index (χ3v) is 2.90. The van der Waals surface area contributed by atoms with E-state index in [1.807, 2.05) is 31.2 Å². The van der Waals surface area contributed by atoms with Crippen molar-refractivity contribution < 1.29 is 5.11 Å². The van der Waals surface area contributed by atoms with Gasteiger partial charge < -0.3 is 10.0 Å². The van der Waals surface area contributed by atoms with Crippen molar-refractivity contribution in [3.63, 3.8) is 0 Å². The van der Waals surface area contributed by atoms with Crippen LogP contribution in [0.3, 0.4) is 0 Å². The summed E-state index contributed by atoms with van der Waals surface area (Å²) in [4.78, 5) is 2.14. The van der Waals surface area contributed by atoms with Crippen molar-refractivity contribution in [1.82, 2.24) is 0 Å². The molecule has 1 aromatic rings. The van der Waals surface area contributed by atoms with Crippen LogP contribution in [0.1, 0.15) is 38.4 Å². The Morgan fingerprint density at radius 1 is 1.35 bits per heavy atom. The van der Waals surface area contributed by atoms with Crippen molar-refractivity contribution in [1.29, 1.82) is 5.26 Å². The van der Waals surface area contributed by atoms with Gasteiger partial charge in [-0.2, -0.15) is 5.26 Å². The minimum atomic E-state index is -0.428. The Bertz CT molecular complexity index is 384. The summed E-state index contributed by atoms with van der Waals surface area (Å²) in [6.45, 7) is 5.58. The minimum Gasteiger partial charge on any atom is -0.388 e. The largest absolute Gasteiger partial charge is 0.388 e. The van der Waals surface area contributed by atoms with Crippen LogP contribution in [-0.4, -0.2) is 18.2 Å². The van der Waals surface area contributed by atoms with E-state index < -0.39 is 6.10 Å². The molecule has 0 spiro atoms. The number of para-hydroxylation sites is 1. The van der Waals surface area contributed by atoms with Crippen molar-refractivity contribution in [2.75, 3.05) is 18.0 Å². The molecule has 0 aromatic heterocycles. The van der Waals surface area contributed by atoms with Gasteiger partial charge in [0, 0.05) is 24.3 Å². The molecule has 0 bridgehead atoms. The van der Waals surface area contributed by atoms with E-state index in [-0.39, 0.29) is 0 Å². The molecule has 92 valence electrons. The molecule has 1 rings (SSSR count). The molecule has 0 fully saturated rings. The average molecular weight is 232 g/mol. The molecule has 3 heteroatoms. The highest BCUT2D eigenvalue weighted by atomic mass is 16.3. The lowest BCUT2D eigenvalue weighted by Crippen LogP contribution is -2.25. The quantitative estimate of drug-likeness (QED) is 0.820. The van der Waals surface area contributed by atoms with Gasteiger partial charge in [0.2, 0.25) is 0 Å². The number of nitriles is 1. The van der Waals surface area contributed by atoms with Crippen LogP contribution in [0.5, 0.6) is 0 Å². The van der Waals surface area contributed by atoms with Crippen LogP contribution < -0.4 is 4.90 Å². The lowest BCUT2D eigenvalue weighted by atomic mass is 10.0. The second-order valence-electron chi connectivity index (χ2n) is 3.97. The summed E-state index contributed by atoms with van der Waals surface area (Å²) in [7, 11) is 0. The molecule has 0 aliphatic heterocycles. The van der Waals surface area contributed by atoms with Gasteiger partial charge >= 0.3 is 0 Å². The van der Waals surface area contributed by atoms with E-state index in [4.69, 9.17) is 5.26 Å². The molecule has 0 aliphatic carbocycles. The predicted octanol–water partition coefficient (Wildman–Crippen LogP) is 2.87. The Kier molecular flexibility index (Phi) is 5.51. The number of anilines is 1. The third-order valence-electron chi connectivity index (χ3n) is 2.90. The zero-order valence-electron chi connectivity index (χ0n) is 10.6. The molecule has 0 saturated heterocycles. The van der Waals surface area contributed by atoms with E-state index >= 15 is 0 Å². The molecule has 1 aromatic carbocycles.